The number of benzene rings is 1. The molecule has 25 heavy (non-hydrogen) atoms. The van der Waals surface area contributed by atoms with Crippen molar-refractivity contribution in [3.63, 3.8) is 0 Å². The summed E-state index contributed by atoms with van der Waals surface area (Å²) in [6, 6.07) is 6.84. The van der Waals surface area contributed by atoms with E-state index < -0.39 is 23.9 Å². The van der Waals surface area contributed by atoms with E-state index in [1.54, 1.807) is 31.2 Å². The zero-order valence-corrected chi connectivity index (χ0v) is 14.5. The molecule has 1 aromatic heterocycles. The first kappa shape index (κ1) is 17.3. The maximum Gasteiger partial charge on any atom is 0.313 e. The Labute approximate surface area is 149 Å². The largest absolute Gasteiger partial charge is 0.492 e. The van der Waals surface area contributed by atoms with Crippen LogP contribution < -0.4 is 10.1 Å². The molecule has 0 saturated heterocycles. The van der Waals surface area contributed by atoms with Crippen LogP contribution in [0.3, 0.4) is 0 Å². The minimum Gasteiger partial charge on any atom is -0.492 e. The zero-order chi connectivity index (χ0) is 18.0. The summed E-state index contributed by atoms with van der Waals surface area (Å²) in [6.45, 7) is 3.40. The van der Waals surface area contributed by atoms with Crippen molar-refractivity contribution in [3.8, 4) is 5.75 Å². The topological polar surface area (TPSA) is 90.7 Å². The maximum atomic E-state index is 12.3. The monoisotopic (exact) mass is 364 g/mol. The second-order valence-corrected chi connectivity index (χ2v) is 6.29. The van der Waals surface area contributed by atoms with Gasteiger partial charge in [0.2, 0.25) is 0 Å². The Kier molecular flexibility index (Phi) is 4.94. The maximum absolute atomic E-state index is 12.3. The van der Waals surface area contributed by atoms with Gasteiger partial charge in [-0.25, -0.2) is 0 Å². The number of carbonyl (C=O) groups excluding carboxylic acids is 2. The summed E-state index contributed by atoms with van der Waals surface area (Å²) >= 11 is 5.97. The van der Waals surface area contributed by atoms with Crippen LogP contribution in [-0.4, -0.2) is 29.7 Å². The standard InChI is InChI=1S/C17H17ClN2O5/c1-9-5-15(20-25-9)19-16(21)10(2)24-17(22)12-6-11-7-13(18)3-4-14(11)23-8-12/h3-5,7,10,12H,6,8H2,1-2H3,(H,19,20,21)/t10-,12-/m1/s1. The Morgan fingerprint density at radius 3 is 2.92 bits per heavy atom. The molecule has 7 nitrogen and oxygen atoms in total. The first-order chi connectivity index (χ1) is 11.9. The number of halogens is 1. The number of rotatable bonds is 4. The minimum absolute atomic E-state index is 0.199. The molecule has 0 radical (unpaired) electrons. The number of carbonyl (C=O) groups is 2. The van der Waals surface area contributed by atoms with Crippen molar-refractivity contribution in [3.05, 3.63) is 40.6 Å². The number of amides is 1. The van der Waals surface area contributed by atoms with Gasteiger partial charge in [0.05, 0.1) is 5.92 Å². The molecule has 132 valence electrons. The van der Waals surface area contributed by atoms with Gasteiger partial charge in [-0.15, -0.1) is 0 Å². The van der Waals surface area contributed by atoms with E-state index in [-0.39, 0.29) is 12.4 Å². The van der Waals surface area contributed by atoms with E-state index in [1.165, 1.54) is 6.92 Å². The molecule has 1 amide bonds. The van der Waals surface area contributed by atoms with Crippen LogP contribution in [-0.2, 0) is 20.7 Å². The Hall–Kier alpha value is -2.54. The molecule has 0 spiro atoms. The van der Waals surface area contributed by atoms with Crippen LogP contribution in [0.4, 0.5) is 5.82 Å². The smallest absolute Gasteiger partial charge is 0.313 e. The highest BCUT2D eigenvalue weighted by atomic mass is 35.5. The van der Waals surface area contributed by atoms with Gasteiger partial charge in [-0.1, -0.05) is 16.8 Å². The van der Waals surface area contributed by atoms with Crippen molar-refractivity contribution in [2.45, 2.75) is 26.4 Å². The van der Waals surface area contributed by atoms with E-state index in [9.17, 15) is 9.59 Å². The lowest BCUT2D eigenvalue weighted by atomic mass is 9.97. The first-order valence-corrected chi connectivity index (χ1v) is 8.16. The lowest BCUT2D eigenvalue weighted by Crippen LogP contribution is -2.36. The number of anilines is 1. The summed E-state index contributed by atoms with van der Waals surface area (Å²) < 4.78 is 15.7. The molecule has 2 aromatic rings. The first-order valence-electron chi connectivity index (χ1n) is 7.78. The van der Waals surface area contributed by atoms with E-state index in [1.807, 2.05) is 0 Å². The molecule has 0 unspecified atom stereocenters. The van der Waals surface area contributed by atoms with Crippen molar-refractivity contribution in [2.75, 3.05) is 11.9 Å². The second kappa shape index (κ2) is 7.14. The number of hydrogen-bond donors (Lipinski definition) is 1. The van der Waals surface area contributed by atoms with Gasteiger partial charge in [-0.2, -0.15) is 0 Å². The molecule has 0 bridgehead atoms. The Balaban J connectivity index is 1.57. The molecular weight excluding hydrogens is 348 g/mol. The Morgan fingerprint density at radius 2 is 2.20 bits per heavy atom. The van der Waals surface area contributed by atoms with Crippen LogP contribution in [0, 0.1) is 12.8 Å². The van der Waals surface area contributed by atoms with Gasteiger partial charge in [0.15, 0.2) is 11.9 Å². The van der Waals surface area contributed by atoms with Gasteiger partial charge >= 0.3 is 5.97 Å². The average molecular weight is 365 g/mol. The fourth-order valence-electron chi connectivity index (χ4n) is 2.49. The third-order valence-electron chi connectivity index (χ3n) is 3.80. The Bertz CT molecular complexity index is 804. The number of aromatic nitrogens is 1. The third-order valence-corrected chi connectivity index (χ3v) is 4.04. The van der Waals surface area contributed by atoms with Gasteiger partial charge in [-0.05, 0) is 44.0 Å². The van der Waals surface area contributed by atoms with Crippen molar-refractivity contribution in [2.24, 2.45) is 5.92 Å². The molecule has 1 aliphatic rings. The molecular formula is C17H17ClN2O5. The number of fused-ring (bicyclic) bond motifs is 1. The van der Waals surface area contributed by atoms with Crippen molar-refractivity contribution in [1.82, 2.24) is 5.16 Å². The second-order valence-electron chi connectivity index (χ2n) is 5.86. The molecule has 2 atom stereocenters. The minimum atomic E-state index is -0.967. The molecule has 8 heteroatoms. The highest BCUT2D eigenvalue weighted by molar-refractivity contribution is 6.30. The van der Waals surface area contributed by atoms with Crippen molar-refractivity contribution in [1.29, 1.82) is 0 Å². The van der Waals surface area contributed by atoms with Crippen LogP contribution >= 0.6 is 11.6 Å². The fraction of sp³-hybridized carbons (Fsp3) is 0.353. The molecule has 1 aliphatic heterocycles. The SMILES string of the molecule is Cc1cc(NC(=O)[C@@H](C)OC(=O)[C@H]2COc3ccc(Cl)cc3C2)no1. The molecule has 1 aromatic carbocycles. The van der Waals surface area contributed by atoms with Crippen molar-refractivity contribution >= 4 is 29.3 Å². The number of ether oxygens (including phenoxy) is 2. The van der Waals surface area contributed by atoms with Gasteiger partial charge in [0.25, 0.3) is 5.91 Å². The number of hydrogen-bond acceptors (Lipinski definition) is 6. The lowest BCUT2D eigenvalue weighted by Gasteiger charge is -2.25. The van der Waals surface area contributed by atoms with Crippen LogP contribution in [0.5, 0.6) is 5.75 Å². The quantitative estimate of drug-likeness (QED) is 0.839. The zero-order valence-electron chi connectivity index (χ0n) is 13.7. The summed E-state index contributed by atoms with van der Waals surface area (Å²) in [5.41, 5.74) is 0.843. The highest BCUT2D eigenvalue weighted by Gasteiger charge is 2.30. The van der Waals surface area contributed by atoms with E-state index in [2.05, 4.69) is 10.5 Å². The van der Waals surface area contributed by atoms with Gasteiger partial charge in [0.1, 0.15) is 18.1 Å². The van der Waals surface area contributed by atoms with Crippen LogP contribution in [0.15, 0.2) is 28.8 Å². The van der Waals surface area contributed by atoms with E-state index in [4.69, 9.17) is 25.6 Å². The molecule has 0 aliphatic carbocycles. The van der Waals surface area contributed by atoms with Crippen LogP contribution in [0.1, 0.15) is 18.2 Å². The number of nitrogens with one attached hydrogen (secondary N) is 1. The van der Waals surface area contributed by atoms with E-state index >= 15 is 0 Å². The number of nitrogens with zero attached hydrogens (tertiary/aromatic N) is 1. The number of esters is 1. The van der Waals surface area contributed by atoms with Gasteiger partial charge in [-0.3, -0.25) is 9.59 Å². The predicted octanol–water partition coefficient (Wildman–Crippen LogP) is 2.76. The van der Waals surface area contributed by atoms with Crippen molar-refractivity contribution < 1.29 is 23.6 Å². The molecule has 0 fully saturated rings. The van der Waals surface area contributed by atoms with E-state index in [0.29, 0.717) is 23.0 Å². The number of aryl methyl sites for hydroxylation is 1. The average Bonchev–Trinajstić information content (AvgIpc) is 2.98. The third kappa shape index (κ3) is 4.11. The lowest BCUT2D eigenvalue weighted by molar-refractivity contribution is -0.158. The fourth-order valence-corrected chi connectivity index (χ4v) is 2.69. The molecule has 0 saturated carbocycles. The Morgan fingerprint density at radius 1 is 1.40 bits per heavy atom. The molecule has 3 rings (SSSR count). The summed E-state index contributed by atoms with van der Waals surface area (Å²) in [5.74, 6) is 0.0779. The highest BCUT2D eigenvalue weighted by Crippen LogP contribution is 2.30. The van der Waals surface area contributed by atoms with Crippen LogP contribution in [0.25, 0.3) is 0 Å². The molecule has 2 heterocycles. The van der Waals surface area contributed by atoms with Gasteiger partial charge < -0.3 is 19.3 Å². The van der Waals surface area contributed by atoms with Crippen LogP contribution in [0.2, 0.25) is 5.02 Å². The van der Waals surface area contributed by atoms with E-state index in [0.717, 1.165) is 5.56 Å². The predicted molar refractivity (Wildman–Crippen MR) is 89.6 cm³/mol. The van der Waals surface area contributed by atoms with Gasteiger partial charge in [0, 0.05) is 11.1 Å². The summed E-state index contributed by atoms with van der Waals surface area (Å²) in [4.78, 5) is 24.4. The summed E-state index contributed by atoms with van der Waals surface area (Å²) in [5, 5.41) is 6.76. The molecule has 1 N–H and O–H groups in total. The summed E-state index contributed by atoms with van der Waals surface area (Å²) in [7, 11) is 0. The summed E-state index contributed by atoms with van der Waals surface area (Å²) in [6.07, 6.45) is -0.517. The normalized spacial score (nSPS) is 17.2.